The van der Waals surface area contributed by atoms with Crippen molar-refractivity contribution in [2.24, 2.45) is 0 Å². The molecule has 0 saturated heterocycles. The van der Waals surface area contributed by atoms with Gasteiger partial charge in [0.2, 0.25) is 10.9 Å². The van der Waals surface area contributed by atoms with E-state index in [2.05, 4.69) is 10.2 Å². The standard InChI is InChI=1S/C24H21N3O5S/c1-5-31-17-9-7-14(11-18(17)30-4)20-19-21(28)15-10-12(2)6-8-16(15)32-22(19)23(29)27(20)24-26-25-13(3)33-24/h6-11,20H,5H2,1-4H3. The van der Waals surface area contributed by atoms with Gasteiger partial charge < -0.3 is 13.9 Å². The molecule has 33 heavy (non-hydrogen) atoms. The maximum Gasteiger partial charge on any atom is 0.297 e. The van der Waals surface area contributed by atoms with Crippen LogP contribution in [0.2, 0.25) is 0 Å². The highest BCUT2D eigenvalue weighted by atomic mass is 32.1. The smallest absolute Gasteiger partial charge is 0.297 e. The molecule has 0 saturated carbocycles. The van der Waals surface area contributed by atoms with Crippen molar-refractivity contribution in [2.45, 2.75) is 26.8 Å². The lowest BCUT2D eigenvalue weighted by molar-refractivity contribution is 0.0970. The Morgan fingerprint density at radius 1 is 1.09 bits per heavy atom. The molecule has 0 fully saturated rings. The first-order valence-electron chi connectivity index (χ1n) is 10.4. The summed E-state index contributed by atoms with van der Waals surface area (Å²) in [6, 6.07) is 9.96. The maximum absolute atomic E-state index is 13.7. The van der Waals surface area contributed by atoms with E-state index in [-0.39, 0.29) is 16.8 Å². The van der Waals surface area contributed by atoms with Crippen LogP contribution in [0, 0.1) is 13.8 Å². The van der Waals surface area contributed by atoms with Crippen molar-refractivity contribution in [3.8, 4) is 11.5 Å². The van der Waals surface area contributed by atoms with Gasteiger partial charge in [0.05, 0.1) is 30.7 Å². The largest absolute Gasteiger partial charge is 0.493 e. The lowest BCUT2D eigenvalue weighted by Gasteiger charge is -2.23. The van der Waals surface area contributed by atoms with E-state index in [0.717, 1.165) is 5.56 Å². The minimum absolute atomic E-state index is 0.0158. The van der Waals surface area contributed by atoms with E-state index in [0.29, 0.717) is 44.8 Å². The van der Waals surface area contributed by atoms with Crippen LogP contribution in [0.3, 0.4) is 0 Å². The molecular formula is C24H21N3O5S. The van der Waals surface area contributed by atoms with Crippen molar-refractivity contribution in [3.63, 3.8) is 0 Å². The Bertz CT molecular complexity index is 1460. The second kappa shape index (κ2) is 8.00. The van der Waals surface area contributed by atoms with Crippen molar-refractivity contribution >= 4 is 33.3 Å². The van der Waals surface area contributed by atoms with Gasteiger partial charge in [0.25, 0.3) is 5.91 Å². The van der Waals surface area contributed by atoms with Crippen LogP contribution in [0.4, 0.5) is 5.13 Å². The normalized spacial score (nSPS) is 15.2. The van der Waals surface area contributed by atoms with Crippen LogP contribution in [0.15, 0.2) is 45.6 Å². The van der Waals surface area contributed by atoms with Gasteiger partial charge in [-0.25, -0.2) is 0 Å². The van der Waals surface area contributed by atoms with Gasteiger partial charge >= 0.3 is 0 Å². The number of benzene rings is 2. The Balaban J connectivity index is 1.79. The molecule has 0 spiro atoms. The summed E-state index contributed by atoms with van der Waals surface area (Å²) in [6.07, 6.45) is 0. The molecular weight excluding hydrogens is 442 g/mol. The zero-order valence-electron chi connectivity index (χ0n) is 18.5. The van der Waals surface area contributed by atoms with Crippen molar-refractivity contribution < 1.29 is 18.7 Å². The van der Waals surface area contributed by atoms with Gasteiger partial charge in [0, 0.05) is 0 Å². The van der Waals surface area contributed by atoms with Crippen molar-refractivity contribution in [1.82, 2.24) is 10.2 Å². The fraction of sp³-hybridized carbons (Fsp3) is 0.250. The SMILES string of the molecule is CCOc1ccc(C2c3c(oc4ccc(C)cc4c3=O)C(=O)N2c2nnc(C)s2)cc1OC. The zero-order chi connectivity index (χ0) is 23.3. The molecule has 0 radical (unpaired) electrons. The van der Waals surface area contributed by atoms with E-state index in [4.69, 9.17) is 13.9 Å². The number of methoxy groups -OCH3 is 1. The van der Waals surface area contributed by atoms with Gasteiger partial charge in [-0.2, -0.15) is 0 Å². The highest BCUT2D eigenvalue weighted by molar-refractivity contribution is 7.15. The van der Waals surface area contributed by atoms with Crippen LogP contribution in [-0.2, 0) is 0 Å². The van der Waals surface area contributed by atoms with E-state index < -0.39 is 11.9 Å². The number of aromatic nitrogens is 2. The summed E-state index contributed by atoms with van der Waals surface area (Å²) in [5, 5.41) is 9.78. The van der Waals surface area contributed by atoms with E-state index >= 15 is 0 Å². The fourth-order valence-corrected chi connectivity index (χ4v) is 4.83. The number of amides is 1. The predicted molar refractivity (Wildman–Crippen MR) is 125 cm³/mol. The number of aryl methyl sites for hydroxylation is 2. The molecule has 9 heteroatoms. The third kappa shape index (κ3) is 3.36. The second-order valence-corrected chi connectivity index (χ2v) is 8.86. The summed E-state index contributed by atoms with van der Waals surface area (Å²) in [7, 11) is 1.55. The average Bonchev–Trinajstić information content (AvgIpc) is 3.36. The molecule has 2 aromatic heterocycles. The summed E-state index contributed by atoms with van der Waals surface area (Å²) >= 11 is 1.27. The third-order valence-corrected chi connectivity index (χ3v) is 6.39. The highest BCUT2D eigenvalue weighted by Crippen LogP contribution is 2.43. The molecule has 1 atom stereocenters. The number of anilines is 1. The Hall–Kier alpha value is -3.72. The molecule has 1 amide bonds. The third-order valence-electron chi connectivity index (χ3n) is 5.55. The fourth-order valence-electron chi connectivity index (χ4n) is 4.11. The van der Waals surface area contributed by atoms with Crippen molar-refractivity contribution in [1.29, 1.82) is 0 Å². The lowest BCUT2D eigenvalue weighted by Crippen LogP contribution is -2.29. The second-order valence-electron chi connectivity index (χ2n) is 7.70. The molecule has 5 rings (SSSR count). The van der Waals surface area contributed by atoms with Crippen LogP contribution < -0.4 is 19.8 Å². The summed E-state index contributed by atoms with van der Waals surface area (Å²) in [5.41, 5.74) is 2.00. The lowest BCUT2D eigenvalue weighted by atomic mass is 9.98. The molecule has 168 valence electrons. The first-order chi connectivity index (χ1) is 15.9. The molecule has 2 aromatic carbocycles. The average molecular weight is 464 g/mol. The molecule has 0 bridgehead atoms. The van der Waals surface area contributed by atoms with E-state index in [1.165, 1.54) is 16.2 Å². The Kier molecular flexibility index (Phi) is 5.13. The Labute approximate surface area is 193 Å². The molecule has 0 aliphatic carbocycles. The number of fused-ring (bicyclic) bond motifs is 2. The summed E-state index contributed by atoms with van der Waals surface area (Å²) in [5.74, 6) is 0.665. The quantitative estimate of drug-likeness (QED) is 0.432. The first-order valence-corrected chi connectivity index (χ1v) is 11.3. The minimum atomic E-state index is -0.745. The number of hydrogen-bond donors (Lipinski definition) is 0. The predicted octanol–water partition coefficient (Wildman–Crippen LogP) is 4.42. The Morgan fingerprint density at radius 2 is 1.91 bits per heavy atom. The van der Waals surface area contributed by atoms with Crippen LogP contribution in [0.25, 0.3) is 11.0 Å². The molecule has 1 aliphatic rings. The first kappa shape index (κ1) is 21.1. The molecule has 3 heterocycles. The number of hydrogen-bond acceptors (Lipinski definition) is 8. The van der Waals surface area contributed by atoms with Crippen molar-refractivity contribution in [3.05, 3.63) is 74.1 Å². The van der Waals surface area contributed by atoms with Crippen LogP contribution in [-0.4, -0.2) is 29.8 Å². The van der Waals surface area contributed by atoms with Gasteiger partial charge in [-0.15, -0.1) is 10.2 Å². The number of nitrogens with zero attached hydrogens (tertiary/aromatic N) is 3. The summed E-state index contributed by atoms with van der Waals surface area (Å²) in [4.78, 5) is 28.7. The molecule has 0 N–H and O–H groups in total. The van der Waals surface area contributed by atoms with Gasteiger partial charge in [0.1, 0.15) is 10.6 Å². The monoisotopic (exact) mass is 463 g/mol. The maximum atomic E-state index is 13.7. The van der Waals surface area contributed by atoms with E-state index in [9.17, 15) is 9.59 Å². The van der Waals surface area contributed by atoms with Crippen molar-refractivity contribution in [2.75, 3.05) is 18.6 Å². The van der Waals surface area contributed by atoms with Gasteiger partial charge in [-0.3, -0.25) is 14.5 Å². The summed E-state index contributed by atoms with van der Waals surface area (Å²) < 4.78 is 17.1. The number of rotatable bonds is 5. The molecule has 1 aliphatic heterocycles. The Morgan fingerprint density at radius 3 is 2.61 bits per heavy atom. The van der Waals surface area contributed by atoms with Crippen LogP contribution >= 0.6 is 11.3 Å². The van der Waals surface area contributed by atoms with E-state index in [1.807, 2.05) is 32.9 Å². The zero-order valence-corrected chi connectivity index (χ0v) is 19.4. The highest BCUT2D eigenvalue weighted by Gasteiger charge is 2.45. The topological polar surface area (TPSA) is 94.8 Å². The number of ether oxygens (including phenoxy) is 2. The van der Waals surface area contributed by atoms with E-state index in [1.54, 1.807) is 31.4 Å². The van der Waals surface area contributed by atoms with Crippen LogP contribution in [0.5, 0.6) is 11.5 Å². The number of carbonyl (C=O) groups is 1. The summed E-state index contributed by atoms with van der Waals surface area (Å²) in [6.45, 7) is 6.08. The van der Waals surface area contributed by atoms with Gasteiger partial charge in [0.15, 0.2) is 16.9 Å². The van der Waals surface area contributed by atoms with Gasteiger partial charge in [-0.1, -0.05) is 29.0 Å². The molecule has 4 aromatic rings. The van der Waals surface area contributed by atoms with Crippen LogP contribution in [0.1, 0.15) is 45.2 Å². The minimum Gasteiger partial charge on any atom is -0.493 e. The molecule has 1 unspecified atom stereocenters. The molecule has 8 nitrogen and oxygen atoms in total. The number of carbonyl (C=O) groups excluding carboxylic acids is 1. The van der Waals surface area contributed by atoms with Gasteiger partial charge in [-0.05, 0) is 50.6 Å².